The van der Waals surface area contributed by atoms with Crippen molar-refractivity contribution in [1.29, 1.82) is 0 Å². The maximum atomic E-state index is 11.1. The highest BCUT2D eigenvalue weighted by Crippen LogP contribution is 2.31. The van der Waals surface area contributed by atoms with Gasteiger partial charge >= 0.3 is 5.97 Å². The van der Waals surface area contributed by atoms with Crippen molar-refractivity contribution >= 4 is 22.6 Å². The average molecular weight is 256 g/mol. The van der Waals surface area contributed by atoms with E-state index in [1.54, 1.807) is 6.07 Å². The lowest BCUT2D eigenvalue weighted by molar-refractivity contribution is 0.0691. The summed E-state index contributed by atoms with van der Waals surface area (Å²) < 4.78 is 0. The van der Waals surface area contributed by atoms with Gasteiger partial charge in [-0.1, -0.05) is 31.2 Å². The number of nitrogens with zero attached hydrogens (tertiary/aromatic N) is 1. The standard InChI is InChI=1S/C15H16N2O2/c1-9-6-11(7-9)16-14-12-5-3-2-4-10(12)8-13(17-14)15(18)19/h2-5,8-9,11H,6-7H2,1H3,(H,16,17)(H,18,19). The third kappa shape index (κ3) is 2.26. The molecule has 1 aromatic carbocycles. The Kier molecular flexibility index (Phi) is 2.85. The Morgan fingerprint density at radius 1 is 1.37 bits per heavy atom. The maximum absolute atomic E-state index is 11.1. The van der Waals surface area contributed by atoms with Crippen molar-refractivity contribution in [3.05, 3.63) is 36.0 Å². The average Bonchev–Trinajstić information content (AvgIpc) is 2.36. The smallest absolute Gasteiger partial charge is 0.354 e. The number of fused-ring (bicyclic) bond motifs is 1. The van der Waals surface area contributed by atoms with Gasteiger partial charge in [0.2, 0.25) is 0 Å². The van der Waals surface area contributed by atoms with Gasteiger partial charge in [0.15, 0.2) is 5.69 Å². The summed E-state index contributed by atoms with van der Waals surface area (Å²) >= 11 is 0. The third-order valence-electron chi connectivity index (χ3n) is 3.67. The minimum atomic E-state index is -0.990. The van der Waals surface area contributed by atoms with Gasteiger partial charge in [-0.15, -0.1) is 0 Å². The highest BCUT2D eigenvalue weighted by Gasteiger charge is 2.26. The molecule has 0 atom stereocenters. The quantitative estimate of drug-likeness (QED) is 0.885. The number of aromatic carboxylic acids is 1. The van der Waals surface area contributed by atoms with Crippen molar-refractivity contribution in [2.75, 3.05) is 5.32 Å². The van der Waals surface area contributed by atoms with E-state index in [1.807, 2.05) is 24.3 Å². The zero-order valence-corrected chi connectivity index (χ0v) is 10.8. The van der Waals surface area contributed by atoms with E-state index >= 15 is 0 Å². The normalized spacial score (nSPS) is 21.9. The summed E-state index contributed by atoms with van der Waals surface area (Å²) in [6.45, 7) is 2.22. The van der Waals surface area contributed by atoms with Crippen LogP contribution < -0.4 is 5.32 Å². The van der Waals surface area contributed by atoms with Gasteiger partial charge in [-0.05, 0) is 30.2 Å². The van der Waals surface area contributed by atoms with E-state index in [2.05, 4.69) is 17.2 Å². The van der Waals surface area contributed by atoms with Crippen LogP contribution in [0.1, 0.15) is 30.3 Å². The molecule has 0 bridgehead atoms. The van der Waals surface area contributed by atoms with Gasteiger partial charge in [0.25, 0.3) is 0 Å². The maximum Gasteiger partial charge on any atom is 0.354 e. The predicted octanol–water partition coefficient (Wildman–Crippen LogP) is 3.14. The summed E-state index contributed by atoms with van der Waals surface area (Å²) in [5.74, 6) is 0.439. The first-order valence-electron chi connectivity index (χ1n) is 6.53. The number of pyridine rings is 1. The number of nitrogens with one attached hydrogen (secondary N) is 1. The molecule has 1 aliphatic carbocycles. The van der Waals surface area contributed by atoms with E-state index in [-0.39, 0.29) is 5.69 Å². The van der Waals surface area contributed by atoms with E-state index in [9.17, 15) is 4.79 Å². The molecular weight excluding hydrogens is 240 g/mol. The lowest BCUT2D eigenvalue weighted by Gasteiger charge is -2.34. The van der Waals surface area contributed by atoms with Gasteiger partial charge in [0.05, 0.1) is 0 Å². The van der Waals surface area contributed by atoms with Crippen molar-refractivity contribution in [2.24, 2.45) is 5.92 Å². The van der Waals surface area contributed by atoms with Crippen LogP contribution in [0.3, 0.4) is 0 Å². The van der Waals surface area contributed by atoms with Gasteiger partial charge in [0.1, 0.15) is 5.82 Å². The van der Waals surface area contributed by atoms with E-state index in [1.165, 1.54) is 0 Å². The van der Waals surface area contributed by atoms with E-state index in [4.69, 9.17) is 5.11 Å². The Morgan fingerprint density at radius 2 is 2.11 bits per heavy atom. The molecule has 1 saturated carbocycles. The molecule has 0 unspecified atom stereocenters. The molecule has 19 heavy (non-hydrogen) atoms. The summed E-state index contributed by atoms with van der Waals surface area (Å²) in [6.07, 6.45) is 2.24. The number of anilines is 1. The van der Waals surface area contributed by atoms with Crippen LogP contribution >= 0.6 is 0 Å². The Hall–Kier alpha value is -2.10. The fourth-order valence-corrected chi connectivity index (χ4v) is 2.63. The van der Waals surface area contributed by atoms with E-state index < -0.39 is 5.97 Å². The molecule has 3 rings (SSSR count). The predicted molar refractivity (Wildman–Crippen MR) is 74.5 cm³/mol. The van der Waals surface area contributed by atoms with Crippen molar-refractivity contribution in [2.45, 2.75) is 25.8 Å². The fourth-order valence-electron chi connectivity index (χ4n) is 2.63. The van der Waals surface area contributed by atoms with E-state index in [0.29, 0.717) is 11.9 Å². The minimum absolute atomic E-state index is 0.0913. The third-order valence-corrected chi connectivity index (χ3v) is 3.67. The molecule has 1 heterocycles. The van der Waals surface area contributed by atoms with E-state index in [0.717, 1.165) is 29.5 Å². The summed E-state index contributed by atoms with van der Waals surface area (Å²) in [5.41, 5.74) is 0.0913. The van der Waals surface area contributed by atoms with Gasteiger partial charge < -0.3 is 10.4 Å². The fraction of sp³-hybridized carbons (Fsp3) is 0.333. The van der Waals surface area contributed by atoms with Crippen LogP contribution in [0.5, 0.6) is 0 Å². The Balaban J connectivity index is 2.02. The van der Waals surface area contributed by atoms with Crippen molar-refractivity contribution < 1.29 is 9.90 Å². The van der Waals surface area contributed by atoms with Crippen LogP contribution in [0.4, 0.5) is 5.82 Å². The van der Waals surface area contributed by atoms with Crippen LogP contribution in [0, 0.1) is 5.92 Å². The molecule has 4 nitrogen and oxygen atoms in total. The van der Waals surface area contributed by atoms with Crippen LogP contribution in [0.2, 0.25) is 0 Å². The SMILES string of the molecule is CC1CC(Nc2nc(C(=O)O)cc3ccccc23)C1. The summed E-state index contributed by atoms with van der Waals surface area (Å²) in [6, 6.07) is 9.76. The minimum Gasteiger partial charge on any atom is -0.477 e. The van der Waals surface area contributed by atoms with Crippen molar-refractivity contribution in [3.63, 3.8) is 0 Å². The number of carboxylic acids is 1. The topological polar surface area (TPSA) is 62.2 Å². The number of aromatic nitrogens is 1. The number of benzene rings is 1. The number of carbonyl (C=O) groups is 1. The lowest BCUT2D eigenvalue weighted by Crippen LogP contribution is -2.34. The summed E-state index contributed by atoms with van der Waals surface area (Å²) in [4.78, 5) is 15.4. The molecule has 1 fully saturated rings. The number of rotatable bonds is 3. The zero-order valence-electron chi connectivity index (χ0n) is 10.8. The van der Waals surface area contributed by atoms with Crippen LogP contribution in [-0.2, 0) is 0 Å². The highest BCUT2D eigenvalue weighted by atomic mass is 16.4. The van der Waals surface area contributed by atoms with Gasteiger partial charge in [0, 0.05) is 11.4 Å². The van der Waals surface area contributed by atoms with Crippen LogP contribution in [0.15, 0.2) is 30.3 Å². The summed E-state index contributed by atoms with van der Waals surface area (Å²) in [7, 11) is 0. The Labute approximate surface area is 111 Å². The number of hydrogen-bond donors (Lipinski definition) is 2. The summed E-state index contributed by atoms with van der Waals surface area (Å²) in [5, 5.41) is 14.4. The molecule has 0 aliphatic heterocycles. The molecule has 0 saturated heterocycles. The molecular formula is C15H16N2O2. The largest absolute Gasteiger partial charge is 0.477 e. The lowest BCUT2D eigenvalue weighted by atomic mass is 9.82. The monoisotopic (exact) mass is 256 g/mol. The molecule has 0 amide bonds. The van der Waals surface area contributed by atoms with Crippen molar-refractivity contribution in [3.8, 4) is 0 Å². The zero-order chi connectivity index (χ0) is 13.4. The second-order valence-electron chi connectivity index (χ2n) is 5.30. The van der Waals surface area contributed by atoms with Crippen LogP contribution in [-0.4, -0.2) is 22.1 Å². The number of carboxylic acid groups (broad SMARTS) is 1. The molecule has 0 spiro atoms. The molecule has 4 heteroatoms. The first-order chi connectivity index (χ1) is 9.13. The van der Waals surface area contributed by atoms with Crippen molar-refractivity contribution in [1.82, 2.24) is 4.98 Å². The highest BCUT2D eigenvalue weighted by molar-refractivity contribution is 5.97. The number of hydrogen-bond acceptors (Lipinski definition) is 3. The molecule has 1 aromatic heterocycles. The van der Waals surface area contributed by atoms with Gasteiger partial charge in [-0.25, -0.2) is 9.78 Å². The van der Waals surface area contributed by atoms with Gasteiger partial charge in [-0.2, -0.15) is 0 Å². The molecule has 2 N–H and O–H groups in total. The first-order valence-corrected chi connectivity index (χ1v) is 6.53. The second kappa shape index (κ2) is 4.53. The molecule has 2 aromatic rings. The Morgan fingerprint density at radius 3 is 2.79 bits per heavy atom. The second-order valence-corrected chi connectivity index (χ2v) is 5.30. The first kappa shape index (κ1) is 12.0. The molecule has 0 radical (unpaired) electrons. The van der Waals surface area contributed by atoms with Gasteiger partial charge in [-0.3, -0.25) is 0 Å². The van der Waals surface area contributed by atoms with Crippen LogP contribution in [0.25, 0.3) is 10.8 Å². The Bertz CT molecular complexity index is 633. The molecule has 1 aliphatic rings. The molecule has 98 valence electrons.